The molecule has 0 spiro atoms. The van der Waals surface area contributed by atoms with Crippen LogP contribution in [0.25, 0.3) is 0 Å². The molecule has 1 aliphatic rings. The molecule has 0 saturated carbocycles. The van der Waals surface area contributed by atoms with E-state index in [9.17, 15) is 18.3 Å². The minimum absolute atomic E-state index is 0.133. The Hall–Kier alpha value is -0.550. The monoisotopic (exact) mass is 209 g/mol. The zero-order valence-electron chi connectivity index (χ0n) is 8.01. The van der Waals surface area contributed by atoms with E-state index in [1.54, 1.807) is 17.9 Å². The molecule has 0 aromatic heterocycles. The molecule has 1 aliphatic heterocycles. The Morgan fingerprint density at radius 2 is 2.14 bits per heavy atom. The molecule has 5 heteroatoms. The minimum Gasteiger partial charge on any atom is -0.379 e. The molecule has 0 aromatic carbocycles. The maximum atomic E-state index is 12.4. The SMILES string of the molecule is C=CC(C)N1CCC(O)(C(F)(F)F)C1. The van der Waals surface area contributed by atoms with Crippen molar-refractivity contribution >= 4 is 0 Å². The molecule has 2 nitrogen and oxygen atoms in total. The van der Waals surface area contributed by atoms with Gasteiger partial charge in [-0.2, -0.15) is 13.2 Å². The van der Waals surface area contributed by atoms with Gasteiger partial charge < -0.3 is 5.11 Å². The molecule has 0 bridgehead atoms. The summed E-state index contributed by atoms with van der Waals surface area (Å²) in [5, 5.41) is 9.34. The summed E-state index contributed by atoms with van der Waals surface area (Å²) in [6.45, 7) is 5.17. The Morgan fingerprint density at radius 3 is 2.50 bits per heavy atom. The van der Waals surface area contributed by atoms with Crippen LogP contribution in [0.15, 0.2) is 12.7 Å². The molecule has 1 N–H and O–H groups in total. The van der Waals surface area contributed by atoms with Gasteiger partial charge in [-0.1, -0.05) is 6.08 Å². The first-order chi connectivity index (χ1) is 6.30. The summed E-state index contributed by atoms with van der Waals surface area (Å²) in [5.41, 5.74) is -2.54. The van der Waals surface area contributed by atoms with Crippen LogP contribution >= 0.6 is 0 Å². The topological polar surface area (TPSA) is 23.5 Å². The number of aliphatic hydroxyl groups is 1. The van der Waals surface area contributed by atoms with E-state index in [1.165, 1.54) is 0 Å². The molecular formula is C9H14F3NO. The lowest BCUT2D eigenvalue weighted by Crippen LogP contribution is -2.48. The van der Waals surface area contributed by atoms with Crippen LogP contribution in [-0.2, 0) is 0 Å². The van der Waals surface area contributed by atoms with E-state index in [1.807, 2.05) is 0 Å². The highest BCUT2D eigenvalue weighted by Crippen LogP contribution is 2.38. The van der Waals surface area contributed by atoms with Crippen molar-refractivity contribution in [2.75, 3.05) is 13.1 Å². The van der Waals surface area contributed by atoms with Crippen LogP contribution in [0.4, 0.5) is 13.2 Å². The van der Waals surface area contributed by atoms with Crippen LogP contribution < -0.4 is 0 Å². The first-order valence-electron chi connectivity index (χ1n) is 4.46. The highest BCUT2D eigenvalue weighted by molar-refractivity contribution is 4.99. The first-order valence-corrected chi connectivity index (χ1v) is 4.46. The van der Waals surface area contributed by atoms with Gasteiger partial charge in [-0.25, -0.2) is 0 Å². The van der Waals surface area contributed by atoms with Crippen LogP contribution in [-0.4, -0.2) is 40.9 Å². The van der Waals surface area contributed by atoms with Gasteiger partial charge in [0, 0.05) is 19.1 Å². The summed E-state index contributed by atoms with van der Waals surface area (Å²) >= 11 is 0. The van der Waals surface area contributed by atoms with Crippen molar-refractivity contribution in [3.8, 4) is 0 Å². The van der Waals surface area contributed by atoms with Crippen molar-refractivity contribution in [1.82, 2.24) is 4.90 Å². The van der Waals surface area contributed by atoms with Crippen molar-refractivity contribution in [1.29, 1.82) is 0 Å². The second kappa shape index (κ2) is 3.55. The third-order valence-electron chi connectivity index (χ3n) is 2.72. The van der Waals surface area contributed by atoms with E-state index < -0.39 is 11.8 Å². The Morgan fingerprint density at radius 1 is 1.57 bits per heavy atom. The molecule has 0 amide bonds. The molecule has 0 radical (unpaired) electrons. The third-order valence-corrected chi connectivity index (χ3v) is 2.72. The lowest BCUT2D eigenvalue weighted by molar-refractivity contribution is -0.254. The summed E-state index contributed by atoms with van der Waals surface area (Å²) in [6, 6.07) is -0.133. The fourth-order valence-corrected chi connectivity index (χ4v) is 1.55. The van der Waals surface area contributed by atoms with Crippen LogP contribution in [0.5, 0.6) is 0 Å². The lowest BCUT2D eigenvalue weighted by atomic mass is 10.0. The molecule has 2 unspecified atom stereocenters. The van der Waals surface area contributed by atoms with Gasteiger partial charge in [-0.3, -0.25) is 4.90 Å². The highest BCUT2D eigenvalue weighted by Gasteiger charge is 2.57. The maximum absolute atomic E-state index is 12.4. The number of halogens is 3. The number of alkyl halides is 3. The Labute approximate surface area is 81.0 Å². The largest absolute Gasteiger partial charge is 0.418 e. The third kappa shape index (κ3) is 1.93. The Bertz CT molecular complexity index is 229. The number of nitrogens with zero attached hydrogens (tertiary/aromatic N) is 1. The smallest absolute Gasteiger partial charge is 0.379 e. The second-order valence-electron chi connectivity index (χ2n) is 3.73. The van der Waals surface area contributed by atoms with E-state index >= 15 is 0 Å². The fraction of sp³-hybridized carbons (Fsp3) is 0.778. The van der Waals surface area contributed by atoms with Gasteiger partial charge in [0.15, 0.2) is 5.60 Å². The van der Waals surface area contributed by atoms with Crippen LogP contribution in [0, 0.1) is 0 Å². The molecule has 1 heterocycles. The van der Waals surface area contributed by atoms with Gasteiger partial charge in [0.25, 0.3) is 0 Å². The standard InChI is InChI=1S/C9H14F3NO/c1-3-7(2)13-5-4-8(14,6-13)9(10,11)12/h3,7,14H,1,4-6H2,2H3. The van der Waals surface area contributed by atoms with Gasteiger partial charge in [-0.15, -0.1) is 6.58 Å². The number of hydrogen-bond acceptors (Lipinski definition) is 2. The summed E-state index contributed by atoms with van der Waals surface area (Å²) in [7, 11) is 0. The summed E-state index contributed by atoms with van der Waals surface area (Å²) < 4.78 is 37.1. The molecule has 82 valence electrons. The molecule has 1 saturated heterocycles. The lowest BCUT2D eigenvalue weighted by Gasteiger charge is -2.27. The van der Waals surface area contributed by atoms with Gasteiger partial charge in [0.2, 0.25) is 0 Å². The Kier molecular flexibility index (Phi) is 2.92. The van der Waals surface area contributed by atoms with Crippen molar-refractivity contribution in [2.45, 2.75) is 31.2 Å². The highest BCUT2D eigenvalue weighted by atomic mass is 19.4. The van der Waals surface area contributed by atoms with Crippen LogP contribution in [0.2, 0.25) is 0 Å². The van der Waals surface area contributed by atoms with Crippen LogP contribution in [0.1, 0.15) is 13.3 Å². The van der Waals surface area contributed by atoms with E-state index in [2.05, 4.69) is 6.58 Å². The van der Waals surface area contributed by atoms with E-state index in [0.29, 0.717) is 0 Å². The maximum Gasteiger partial charge on any atom is 0.418 e. The van der Waals surface area contributed by atoms with Crippen molar-refractivity contribution in [3.63, 3.8) is 0 Å². The van der Waals surface area contributed by atoms with Gasteiger partial charge in [-0.05, 0) is 13.3 Å². The van der Waals surface area contributed by atoms with Gasteiger partial charge in [0.1, 0.15) is 0 Å². The first kappa shape index (κ1) is 11.5. The van der Waals surface area contributed by atoms with Crippen molar-refractivity contribution < 1.29 is 18.3 Å². The summed E-state index contributed by atoms with van der Waals surface area (Å²) in [6.07, 6.45) is -3.22. The number of rotatable bonds is 2. The fourth-order valence-electron chi connectivity index (χ4n) is 1.55. The number of β-amino-alcohol motifs (C(OH)–C–C–N with tert-alkyl or cyclic N) is 1. The zero-order valence-corrected chi connectivity index (χ0v) is 8.01. The average Bonchev–Trinajstić information content (AvgIpc) is 2.47. The van der Waals surface area contributed by atoms with E-state index in [4.69, 9.17) is 0 Å². The second-order valence-corrected chi connectivity index (χ2v) is 3.73. The molecule has 1 fully saturated rings. The van der Waals surface area contributed by atoms with Gasteiger partial charge in [0.05, 0.1) is 0 Å². The molecule has 1 rings (SSSR count). The predicted molar refractivity (Wildman–Crippen MR) is 46.9 cm³/mol. The molecule has 0 aromatic rings. The van der Waals surface area contributed by atoms with E-state index in [0.717, 1.165) is 0 Å². The Balaban J connectivity index is 2.69. The van der Waals surface area contributed by atoms with Gasteiger partial charge >= 0.3 is 6.18 Å². The normalized spacial score (nSPS) is 31.8. The summed E-state index contributed by atoms with van der Waals surface area (Å²) in [5.74, 6) is 0. The van der Waals surface area contributed by atoms with E-state index in [-0.39, 0.29) is 25.6 Å². The molecule has 0 aliphatic carbocycles. The average molecular weight is 209 g/mol. The van der Waals surface area contributed by atoms with Crippen molar-refractivity contribution in [3.05, 3.63) is 12.7 Å². The molecule has 2 atom stereocenters. The molecular weight excluding hydrogens is 195 g/mol. The van der Waals surface area contributed by atoms with Crippen molar-refractivity contribution in [2.24, 2.45) is 0 Å². The quantitative estimate of drug-likeness (QED) is 0.698. The molecule has 14 heavy (non-hydrogen) atoms. The predicted octanol–water partition coefficient (Wildman–Crippen LogP) is 1.56. The zero-order chi connectivity index (χ0) is 11.0. The number of hydrogen-bond donors (Lipinski definition) is 1. The minimum atomic E-state index is -4.54. The van der Waals surface area contributed by atoms with Crippen LogP contribution in [0.3, 0.4) is 0 Å². The number of likely N-dealkylation sites (tertiary alicyclic amines) is 1. The summed E-state index contributed by atoms with van der Waals surface area (Å²) in [4.78, 5) is 1.57.